The van der Waals surface area contributed by atoms with Gasteiger partial charge in [-0.1, -0.05) is 0 Å². The van der Waals surface area contributed by atoms with Crippen LogP contribution in [0.5, 0.6) is 0 Å². The van der Waals surface area contributed by atoms with E-state index in [1.54, 1.807) is 25.6 Å². The van der Waals surface area contributed by atoms with Crippen molar-refractivity contribution < 1.29 is 4.74 Å². The predicted octanol–water partition coefficient (Wildman–Crippen LogP) is 1.38. The molecule has 0 aliphatic carbocycles. The molecule has 0 aromatic carbocycles. The predicted molar refractivity (Wildman–Crippen MR) is 73.9 cm³/mol. The molecule has 0 spiro atoms. The summed E-state index contributed by atoms with van der Waals surface area (Å²) in [6, 6.07) is 3.91. The van der Waals surface area contributed by atoms with Crippen molar-refractivity contribution in [2.75, 3.05) is 38.7 Å². The van der Waals surface area contributed by atoms with Crippen LogP contribution >= 0.6 is 0 Å². The Morgan fingerprint density at radius 2 is 2.32 bits per heavy atom. The van der Waals surface area contributed by atoms with E-state index in [0.717, 1.165) is 44.8 Å². The van der Waals surface area contributed by atoms with Crippen molar-refractivity contribution in [3.8, 4) is 6.07 Å². The van der Waals surface area contributed by atoms with E-state index in [2.05, 4.69) is 21.7 Å². The summed E-state index contributed by atoms with van der Waals surface area (Å²) in [5.74, 6) is 0. The summed E-state index contributed by atoms with van der Waals surface area (Å²) in [6.45, 7) is 3.58. The summed E-state index contributed by atoms with van der Waals surface area (Å²) >= 11 is 0. The van der Waals surface area contributed by atoms with Crippen LogP contribution < -0.4 is 10.6 Å². The zero-order valence-electron chi connectivity index (χ0n) is 11.3. The molecule has 0 saturated carbocycles. The number of nitrogens with one attached hydrogen (secondary N) is 2. The molecule has 0 amide bonds. The SMILES string of the molecule is COCC1(CNc2cnccc2C#N)CCNCC1. The maximum Gasteiger partial charge on any atom is 0.101 e. The zero-order chi connectivity index (χ0) is 13.6. The summed E-state index contributed by atoms with van der Waals surface area (Å²) in [7, 11) is 1.74. The Balaban J connectivity index is 2.04. The first-order chi connectivity index (χ1) is 9.29. The number of ether oxygens (including phenoxy) is 1. The van der Waals surface area contributed by atoms with Gasteiger partial charge in [-0.15, -0.1) is 0 Å². The van der Waals surface area contributed by atoms with Gasteiger partial charge in [0.1, 0.15) is 6.07 Å². The van der Waals surface area contributed by atoms with Gasteiger partial charge < -0.3 is 15.4 Å². The number of piperidine rings is 1. The minimum atomic E-state index is 0.141. The first-order valence-corrected chi connectivity index (χ1v) is 6.57. The van der Waals surface area contributed by atoms with Crippen molar-refractivity contribution in [1.82, 2.24) is 10.3 Å². The Kier molecular flexibility index (Phi) is 4.72. The van der Waals surface area contributed by atoms with Crippen LogP contribution in [0.25, 0.3) is 0 Å². The maximum atomic E-state index is 9.07. The highest BCUT2D eigenvalue weighted by atomic mass is 16.5. The van der Waals surface area contributed by atoms with Crippen LogP contribution in [-0.2, 0) is 4.74 Å². The van der Waals surface area contributed by atoms with E-state index in [1.165, 1.54) is 0 Å². The molecule has 1 saturated heterocycles. The lowest BCUT2D eigenvalue weighted by molar-refractivity contribution is 0.0636. The van der Waals surface area contributed by atoms with Crippen LogP contribution in [0.4, 0.5) is 5.69 Å². The Hall–Kier alpha value is -1.64. The Bertz CT molecular complexity index is 443. The van der Waals surface area contributed by atoms with E-state index >= 15 is 0 Å². The fourth-order valence-electron chi connectivity index (χ4n) is 2.55. The molecule has 1 aliphatic rings. The average molecular weight is 260 g/mol. The highest BCUT2D eigenvalue weighted by Gasteiger charge is 2.32. The number of methoxy groups -OCH3 is 1. The Labute approximate surface area is 114 Å². The lowest BCUT2D eigenvalue weighted by atomic mass is 9.79. The number of anilines is 1. The number of hydrogen-bond acceptors (Lipinski definition) is 5. The second-order valence-electron chi connectivity index (χ2n) is 5.07. The van der Waals surface area contributed by atoms with Crippen molar-refractivity contribution in [1.29, 1.82) is 5.26 Å². The van der Waals surface area contributed by atoms with Crippen LogP contribution in [0.15, 0.2) is 18.5 Å². The maximum absolute atomic E-state index is 9.07. The lowest BCUT2D eigenvalue weighted by Gasteiger charge is -2.37. The monoisotopic (exact) mass is 260 g/mol. The van der Waals surface area contributed by atoms with Gasteiger partial charge in [-0.05, 0) is 32.0 Å². The van der Waals surface area contributed by atoms with Crippen molar-refractivity contribution in [3.63, 3.8) is 0 Å². The normalized spacial score (nSPS) is 17.7. The molecule has 0 atom stereocenters. The summed E-state index contributed by atoms with van der Waals surface area (Å²) in [4.78, 5) is 4.07. The quantitative estimate of drug-likeness (QED) is 0.837. The van der Waals surface area contributed by atoms with E-state index in [0.29, 0.717) is 5.56 Å². The van der Waals surface area contributed by atoms with Gasteiger partial charge >= 0.3 is 0 Å². The van der Waals surface area contributed by atoms with E-state index in [-0.39, 0.29) is 5.41 Å². The molecule has 1 aromatic heterocycles. The smallest absolute Gasteiger partial charge is 0.101 e. The van der Waals surface area contributed by atoms with Crippen LogP contribution in [0.1, 0.15) is 18.4 Å². The number of rotatable bonds is 5. The van der Waals surface area contributed by atoms with Gasteiger partial charge in [-0.3, -0.25) is 4.98 Å². The van der Waals surface area contributed by atoms with Crippen molar-refractivity contribution >= 4 is 5.69 Å². The van der Waals surface area contributed by atoms with E-state index in [4.69, 9.17) is 10.00 Å². The molecule has 2 rings (SSSR count). The van der Waals surface area contributed by atoms with Crippen molar-refractivity contribution in [3.05, 3.63) is 24.0 Å². The summed E-state index contributed by atoms with van der Waals surface area (Å²) in [5, 5.41) is 15.8. The third-order valence-electron chi connectivity index (χ3n) is 3.71. The number of hydrogen-bond donors (Lipinski definition) is 2. The molecule has 0 radical (unpaired) electrons. The first-order valence-electron chi connectivity index (χ1n) is 6.57. The van der Waals surface area contributed by atoms with Gasteiger partial charge in [0, 0.05) is 25.3 Å². The second kappa shape index (κ2) is 6.50. The molecule has 0 bridgehead atoms. The first kappa shape index (κ1) is 13.8. The van der Waals surface area contributed by atoms with Gasteiger partial charge in [0.2, 0.25) is 0 Å². The molecular weight excluding hydrogens is 240 g/mol. The second-order valence-corrected chi connectivity index (χ2v) is 5.07. The molecule has 1 fully saturated rings. The lowest BCUT2D eigenvalue weighted by Crippen LogP contribution is -2.44. The topological polar surface area (TPSA) is 70.0 Å². The van der Waals surface area contributed by atoms with Crippen LogP contribution in [0.2, 0.25) is 0 Å². The van der Waals surface area contributed by atoms with Gasteiger partial charge in [0.15, 0.2) is 0 Å². The number of nitriles is 1. The third-order valence-corrected chi connectivity index (χ3v) is 3.71. The highest BCUT2D eigenvalue weighted by molar-refractivity contribution is 5.55. The summed E-state index contributed by atoms with van der Waals surface area (Å²) < 4.78 is 5.38. The average Bonchev–Trinajstić information content (AvgIpc) is 2.47. The summed E-state index contributed by atoms with van der Waals surface area (Å²) in [6.07, 6.45) is 5.51. The fraction of sp³-hybridized carbons (Fsp3) is 0.571. The molecular formula is C14H20N4O. The van der Waals surface area contributed by atoms with Gasteiger partial charge in [-0.2, -0.15) is 5.26 Å². The number of nitrogens with zero attached hydrogens (tertiary/aromatic N) is 2. The Morgan fingerprint density at radius 3 is 3.00 bits per heavy atom. The van der Waals surface area contributed by atoms with E-state index < -0.39 is 0 Å². The zero-order valence-corrected chi connectivity index (χ0v) is 11.3. The molecule has 5 heteroatoms. The Morgan fingerprint density at radius 1 is 1.53 bits per heavy atom. The van der Waals surface area contributed by atoms with Crippen LogP contribution in [0.3, 0.4) is 0 Å². The standard InChI is InChI=1S/C14H20N4O/c1-19-11-14(3-6-16-7-4-14)10-18-13-9-17-5-2-12(13)8-15/h2,5,9,16,18H,3-4,6-7,10-11H2,1H3. The van der Waals surface area contributed by atoms with Gasteiger partial charge in [0.05, 0.1) is 24.1 Å². The summed E-state index contributed by atoms with van der Waals surface area (Å²) in [5.41, 5.74) is 1.58. The molecule has 19 heavy (non-hydrogen) atoms. The van der Waals surface area contributed by atoms with E-state index in [9.17, 15) is 0 Å². The molecule has 102 valence electrons. The minimum absolute atomic E-state index is 0.141. The molecule has 5 nitrogen and oxygen atoms in total. The van der Waals surface area contributed by atoms with Gasteiger partial charge in [0.25, 0.3) is 0 Å². The van der Waals surface area contributed by atoms with Crippen molar-refractivity contribution in [2.45, 2.75) is 12.8 Å². The van der Waals surface area contributed by atoms with E-state index in [1.807, 2.05) is 0 Å². The molecule has 1 aromatic rings. The highest BCUT2D eigenvalue weighted by Crippen LogP contribution is 2.29. The third kappa shape index (κ3) is 3.43. The van der Waals surface area contributed by atoms with Crippen LogP contribution in [-0.4, -0.2) is 38.3 Å². The molecule has 2 N–H and O–H groups in total. The van der Waals surface area contributed by atoms with Gasteiger partial charge in [-0.25, -0.2) is 0 Å². The largest absolute Gasteiger partial charge is 0.384 e. The number of aromatic nitrogens is 1. The van der Waals surface area contributed by atoms with Crippen molar-refractivity contribution in [2.24, 2.45) is 5.41 Å². The number of pyridine rings is 1. The fourth-order valence-corrected chi connectivity index (χ4v) is 2.55. The van der Waals surface area contributed by atoms with Crippen LogP contribution in [0, 0.1) is 16.7 Å². The molecule has 0 unspecified atom stereocenters. The molecule has 2 heterocycles. The minimum Gasteiger partial charge on any atom is -0.384 e. The molecule has 1 aliphatic heterocycles.